The lowest BCUT2D eigenvalue weighted by Crippen LogP contribution is -2.21. The van der Waals surface area contributed by atoms with Crippen LogP contribution in [0.25, 0.3) is 11.1 Å². The molecule has 0 bridgehead atoms. The monoisotopic (exact) mass is 450 g/mol. The van der Waals surface area contributed by atoms with Gasteiger partial charge in [0.2, 0.25) is 0 Å². The van der Waals surface area contributed by atoms with E-state index in [9.17, 15) is 4.79 Å². The standard InChI is InChI=1S/C23H19BrN2O3/c1-2-28-21-13-16(14-25)12-19(24)23(21)29-15-22(27)26-20-11-7-6-10-18(20)17-8-4-3-5-9-17/h3-13H,2,15H2,1H3,(H,26,27). The zero-order valence-electron chi connectivity index (χ0n) is 15.8. The molecule has 0 saturated heterocycles. The molecule has 0 aliphatic heterocycles. The first kappa shape index (κ1) is 20.4. The molecular formula is C23H19BrN2O3. The van der Waals surface area contributed by atoms with Crippen molar-refractivity contribution in [2.75, 3.05) is 18.5 Å². The Morgan fingerprint density at radius 1 is 1.07 bits per heavy atom. The number of benzene rings is 3. The number of carbonyl (C=O) groups is 1. The number of amides is 1. The summed E-state index contributed by atoms with van der Waals surface area (Å²) < 4.78 is 11.8. The minimum atomic E-state index is -0.299. The third-order valence-electron chi connectivity index (χ3n) is 4.07. The maximum Gasteiger partial charge on any atom is 0.262 e. The van der Waals surface area contributed by atoms with Gasteiger partial charge in [-0.3, -0.25) is 4.79 Å². The van der Waals surface area contributed by atoms with Gasteiger partial charge in [-0.25, -0.2) is 0 Å². The molecule has 3 aromatic rings. The number of rotatable bonds is 7. The molecule has 0 aromatic heterocycles. The zero-order chi connectivity index (χ0) is 20.6. The Morgan fingerprint density at radius 2 is 1.79 bits per heavy atom. The molecule has 0 aliphatic carbocycles. The van der Waals surface area contributed by atoms with Crippen molar-refractivity contribution in [3.05, 3.63) is 76.8 Å². The fourth-order valence-electron chi connectivity index (χ4n) is 2.82. The first-order chi connectivity index (χ1) is 14.1. The SMILES string of the molecule is CCOc1cc(C#N)cc(Br)c1OCC(=O)Nc1ccccc1-c1ccccc1. The third-order valence-corrected chi connectivity index (χ3v) is 4.66. The molecule has 0 spiro atoms. The van der Waals surface area contributed by atoms with Gasteiger partial charge in [-0.2, -0.15) is 5.26 Å². The topological polar surface area (TPSA) is 71.3 Å². The van der Waals surface area contributed by atoms with Crippen LogP contribution in [0.5, 0.6) is 11.5 Å². The Balaban J connectivity index is 1.75. The van der Waals surface area contributed by atoms with Gasteiger partial charge >= 0.3 is 0 Å². The lowest BCUT2D eigenvalue weighted by Gasteiger charge is -2.15. The quantitative estimate of drug-likeness (QED) is 0.522. The highest BCUT2D eigenvalue weighted by Gasteiger charge is 2.15. The van der Waals surface area contributed by atoms with Crippen LogP contribution in [0.4, 0.5) is 5.69 Å². The maximum atomic E-state index is 12.5. The van der Waals surface area contributed by atoms with Crippen LogP contribution >= 0.6 is 15.9 Å². The van der Waals surface area contributed by atoms with Gasteiger partial charge in [-0.15, -0.1) is 0 Å². The predicted molar refractivity (Wildman–Crippen MR) is 116 cm³/mol. The second kappa shape index (κ2) is 9.76. The fraction of sp³-hybridized carbons (Fsp3) is 0.130. The third kappa shape index (κ3) is 5.15. The van der Waals surface area contributed by atoms with Gasteiger partial charge in [0.1, 0.15) is 0 Å². The molecular weight excluding hydrogens is 432 g/mol. The average molecular weight is 451 g/mol. The summed E-state index contributed by atoms with van der Waals surface area (Å²) >= 11 is 3.38. The van der Waals surface area contributed by atoms with Crippen LogP contribution in [-0.2, 0) is 4.79 Å². The smallest absolute Gasteiger partial charge is 0.262 e. The van der Waals surface area contributed by atoms with Crippen molar-refractivity contribution in [2.45, 2.75) is 6.92 Å². The van der Waals surface area contributed by atoms with E-state index in [4.69, 9.17) is 14.7 Å². The minimum absolute atomic E-state index is 0.201. The van der Waals surface area contributed by atoms with E-state index in [-0.39, 0.29) is 12.5 Å². The van der Waals surface area contributed by atoms with E-state index in [1.807, 2.05) is 61.5 Å². The lowest BCUT2D eigenvalue weighted by atomic mass is 10.0. The van der Waals surface area contributed by atoms with E-state index in [1.54, 1.807) is 12.1 Å². The summed E-state index contributed by atoms with van der Waals surface area (Å²) in [7, 11) is 0. The summed E-state index contributed by atoms with van der Waals surface area (Å²) in [4.78, 5) is 12.5. The van der Waals surface area contributed by atoms with E-state index in [1.165, 1.54) is 0 Å². The minimum Gasteiger partial charge on any atom is -0.490 e. The van der Waals surface area contributed by atoms with Gasteiger partial charge in [0.25, 0.3) is 5.91 Å². The van der Waals surface area contributed by atoms with Crippen molar-refractivity contribution < 1.29 is 14.3 Å². The Hall–Kier alpha value is -3.30. The largest absolute Gasteiger partial charge is 0.490 e. The number of nitrogens with zero attached hydrogens (tertiary/aromatic N) is 1. The van der Waals surface area contributed by atoms with Gasteiger partial charge in [0, 0.05) is 17.3 Å². The van der Waals surface area contributed by atoms with Crippen LogP contribution in [0.1, 0.15) is 12.5 Å². The Morgan fingerprint density at radius 3 is 2.52 bits per heavy atom. The normalized spacial score (nSPS) is 10.1. The number of ether oxygens (including phenoxy) is 2. The number of nitriles is 1. The Kier molecular flexibility index (Phi) is 6.88. The molecule has 0 fully saturated rings. The number of para-hydroxylation sites is 1. The number of anilines is 1. The number of halogens is 1. The summed E-state index contributed by atoms with van der Waals surface area (Å²) in [5, 5.41) is 12.0. The van der Waals surface area contributed by atoms with Crippen molar-refractivity contribution in [3.63, 3.8) is 0 Å². The molecule has 3 aromatic carbocycles. The zero-order valence-corrected chi connectivity index (χ0v) is 17.4. The maximum absolute atomic E-state index is 12.5. The molecule has 0 atom stereocenters. The molecule has 0 heterocycles. The lowest BCUT2D eigenvalue weighted by molar-refractivity contribution is -0.118. The summed E-state index contributed by atoms with van der Waals surface area (Å²) in [6, 6.07) is 22.7. The first-order valence-electron chi connectivity index (χ1n) is 9.06. The average Bonchev–Trinajstić information content (AvgIpc) is 2.74. The van der Waals surface area contributed by atoms with E-state index in [0.717, 1.165) is 11.1 Å². The van der Waals surface area contributed by atoms with Crippen LogP contribution in [0, 0.1) is 11.3 Å². The van der Waals surface area contributed by atoms with Crippen LogP contribution in [-0.4, -0.2) is 19.1 Å². The van der Waals surface area contributed by atoms with Crippen LogP contribution in [0.2, 0.25) is 0 Å². The summed E-state index contributed by atoms with van der Waals surface area (Å²) in [5.41, 5.74) is 3.08. The van der Waals surface area contributed by atoms with Gasteiger partial charge in [-0.05, 0) is 40.5 Å². The van der Waals surface area contributed by atoms with E-state index < -0.39 is 0 Å². The summed E-state index contributed by atoms with van der Waals surface area (Å²) in [6.45, 7) is 2.05. The molecule has 0 saturated carbocycles. The van der Waals surface area contributed by atoms with E-state index in [2.05, 4.69) is 27.3 Å². The fourth-order valence-corrected chi connectivity index (χ4v) is 3.38. The van der Waals surface area contributed by atoms with E-state index >= 15 is 0 Å². The molecule has 146 valence electrons. The molecule has 0 unspecified atom stereocenters. The van der Waals surface area contributed by atoms with Crippen molar-refractivity contribution in [1.29, 1.82) is 5.26 Å². The first-order valence-corrected chi connectivity index (χ1v) is 9.85. The number of nitrogens with one attached hydrogen (secondary N) is 1. The highest BCUT2D eigenvalue weighted by atomic mass is 79.9. The Bertz CT molecular complexity index is 1050. The Labute approximate surface area is 178 Å². The molecule has 29 heavy (non-hydrogen) atoms. The van der Waals surface area contributed by atoms with Crippen molar-refractivity contribution in [2.24, 2.45) is 0 Å². The van der Waals surface area contributed by atoms with Gasteiger partial charge in [-0.1, -0.05) is 48.5 Å². The second-order valence-electron chi connectivity index (χ2n) is 6.08. The molecule has 0 aliphatic rings. The molecule has 0 radical (unpaired) electrons. The van der Waals surface area contributed by atoms with Crippen molar-refractivity contribution >= 4 is 27.5 Å². The van der Waals surface area contributed by atoms with Crippen molar-refractivity contribution in [3.8, 4) is 28.7 Å². The van der Waals surface area contributed by atoms with E-state index in [0.29, 0.717) is 33.8 Å². The van der Waals surface area contributed by atoms with Gasteiger partial charge in [0.05, 0.1) is 22.7 Å². The van der Waals surface area contributed by atoms with Crippen molar-refractivity contribution in [1.82, 2.24) is 0 Å². The van der Waals surface area contributed by atoms with Crippen LogP contribution < -0.4 is 14.8 Å². The highest BCUT2D eigenvalue weighted by Crippen LogP contribution is 2.37. The number of hydrogen-bond donors (Lipinski definition) is 1. The molecule has 5 nitrogen and oxygen atoms in total. The van der Waals surface area contributed by atoms with Gasteiger partial charge in [0.15, 0.2) is 18.1 Å². The predicted octanol–water partition coefficient (Wildman–Crippen LogP) is 5.40. The van der Waals surface area contributed by atoms with Gasteiger partial charge < -0.3 is 14.8 Å². The second-order valence-corrected chi connectivity index (χ2v) is 6.93. The van der Waals surface area contributed by atoms with Crippen LogP contribution in [0.15, 0.2) is 71.2 Å². The summed E-state index contributed by atoms with van der Waals surface area (Å²) in [5.74, 6) is 0.500. The van der Waals surface area contributed by atoms with Crippen LogP contribution in [0.3, 0.4) is 0 Å². The molecule has 3 rings (SSSR count). The molecule has 1 N–H and O–H groups in total. The number of carbonyl (C=O) groups excluding carboxylic acids is 1. The number of hydrogen-bond acceptors (Lipinski definition) is 4. The molecule has 6 heteroatoms. The highest BCUT2D eigenvalue weighted by molar-refractivity contribution is 9.10. The molecule has 1 amide bonds. The summed E-state index contributed by atoms with van der Waals surface area (Å²) in [6.07, 6.45) is 0.